The third-order valence-corrected chi connectivity index (χ3v) is 4.53. The number of halogens is 1. The molecule has 0 heterocycles. The van der Waals surface area contributed by atoms with Crippen molar-refractivity contribution in [2.45, 2.75) is 13.0 Å². The summed E-state index contributed by atoms with van der Waals surface area (Å²) in [6.07, 6.45) is 0. The molecule has 144 valence electrons. The molecule has 0 aliphatic carbocycles. The molecule has 0 saturated carbocycles. The molecular formula is C20H22ClNO5. The van der Waals surface area contributed by atoms with Crippen molar-refractivity contribution in [3.8, 4) is 11.5 Å². The van der Waals surface area contributed by atoms with Crippen LogP contribution in [0.15, 0.2) is 42.5 Å². The van der Waals surface area contributed by atoms with Gasteiger partial charge in [0, 0.05) is 7.05 Å². The SMILES string of the molecule is COc1cc(C(=O)OCC(=O)N(C)[C@H](C)c2ccccc2)cc(Cl)c1OC. The molecule has 2 aromatic carbocycles. The Morgan fingerprint density at radius 3 is 2.37 bits per heavy atom. The Labute approximate surface area is 163 Å². The maximum Gasteiger partial charge on any atom is 0.338 e. The Balaban J connectivity index is 2.02. The highest BCUT2D eigenvalue weighted by atomic mass is 35.5. The van der Waals surface area contributed by atoms with Crippen LogP contribution in [-0.4, -0.2) is 44.7 Å². The molecule has 0 radical (unpaired) electrons. The van der Waals surface area contributed by atoms with E-state index in [0.29, 0.717) is 11.5 Å². The first kappa shape index (κ1) is 20.6. The summed E-state index contributed by atoms with van der Waals surface area (Å²) in [6.45, 7) is 1.53. The quantitative estimate of drug-likeness (QED) is 0.673. The Morgan fingerprint density at radius 1 is 1.11 bits per heavy atom. The second-order valence-corrected chi connectivity index (χ2v) is 6.27. The number of likely N-dealkylation sites (N-methyl/N-ethyl adjacent to an activating group) is 1. The number of rotatable bonds is 7. The molecule has 0 aromatic heterocycles. The number of nitrogens with zero attached hydrogens (tertiary/aromatic N) is 1. The van der Waals surface area contributed by atoms with Crippen LogP contribution in [-0.2, 0) is 9.53 Å². The average Bonchev–Trinajstić information content (AvgIpc) is 2.70. The first-order chi connectivity index (χ1) is 12.9. The number of ether oxygens (including phenoxy) is 3. The normalized spacial score (nSPS) is 11.4. The third-order valence-electron chi connectivity index (χ3n) is 4.25. The Bertz CT molecular complexity index is 810. The van der Waals surface area contributed by atoms with Crippen molar-refractivity contribution in [2.75, 3.05) is 27.9 Å². The zero-order valence-electron chi connectivity index (χ0n) is 15.7. The van der Waals surface area contributed by atoms with Gasteiger partial charge in [-0.05, 0) is 24.6 Å². The molecule has 7 heteroatoms. The largest absolute Gasteiger partial charge is 0.493 e. The molecule has 0 unspecified atom stereocenters. The van der Waals surface area contributed by atoms with Gasteiger partial charge in [-0.15, -0.1) is 0 Å². The Morgan fingerprint density at radius 2 is 1.78 bits per heavy atom. The molecule has 0 saturated heterocycles. The van der Waals surface area contributed by atoms with E-state index in [2.05, 4.69) is 0 Å². The Hall–Kier alpha value is -2.73. The monoisotopic (exact) mass is 391 g/mol. The van der Waals surface area contributed by atoms with Crippen molar-refractivity contribution in [3.63, 3.8) is 0 Å². The molecule has 0 bridgehead atoms. The molecule has 27 heavy (non-hydrogen) atoms. The Kier molecular flexibility index (Phi) is 7.07. The lowest BCUT2D eigenvalue weighted by Crippen LogP contribution is -2.33. The van der Waals surface area contributed by atoms with Gasteiger partial charge in [-0.3, -0.25) is 4.79 Å². The predicted molar refractivity (Wildman–Crippen MR) is 102 cm³/mol. The summed E-state index contributed by atoms with van der Waals surface area (Å²) in [5.74, 6) is -0.362. The summed E-state index contributed by atoms with van der Waals surface area (Å²) in [5, 5.41) is 0.213. The minimum Gasteiger partial charge on any atom is -0.493 e. The highest BCUT2D eigenvalue weighted by Crippen LogP contribution is 2.36. The smallest absolute Gasteiger partial charge is 0.338 e. The maximum atomic E-state index is 12.4. The van der Waals surface area contributed by atoms with Gasteiger partial charge < -0.3 is 19.1 Å². The second kappa shape index (κ2) is 9.28. The number of esters is 1. The van der Waals surface area contributed by atoms with Crippen LogP contribution in [0.4, 0.5) is 0 Å². The van der Waals surface area contributed by atoms with Crippen molar-refractivity contribution in [1.29, 1.82) is 0 Å². The number of carbonyl (C=O) groups is 2. The van der Waals surface area contributed by atoms with Gasteiger partial charge in [0.1, 0.15) is 0 Å². The number of amides is 1. The summed E-state index contributed by atoms with van der Waals surface area (Å²) >= 11 is 6.09. The zero-order valence-corrected chi connectivity index (χ0v) is 16.4. The number of hydrogen-bond acceptors (Lipinski definition) is 5. The van der Waals surface area contributed by atoms with E-state index >= 15 is 0 Å². The van der Waals surface area contributed by atoms with E-state index in [1.54, 1.807) is 7.05 Å². The summed E-state index contributed by atoms with van der Waals surface area (Å²) in [6, 6.07) is 12.3. The number of methoxy groups -OCH3 is 2. The molecule has 6 nitrogen and oxygen atoms in total. The van der Waals surface area contributed by atoms with E-state index in [9.17, 15) is 9.59 Å². The molecule has 0 fully saturated rings. The minimum atomic E-state index is -0.674. The highest BCUT2D eigenvalue weighted by Gasteiger charge is 2.21. The van der Waals surface area contributed by atoms with Crippen LogP contribution in [0, 0.1) is 0 Å². The van der Waals surface area contributed by atoms with Gasteiger partial charge >= 0.3 is 5.97 Å². The molecule has 0 spiro atoms. The predicted octanol–water partition coefficient (Wildman–Crippen LogP) is 3.73. The van der Waals surface area contributed by atoms with Gasteiger partial charge in [-0.25, -0.2) is 4.79 Å². The summed E-state index contributed by atoms with van der Waals surface area (Å²) in [5.41, 5.74) is 1.16. The average molecular weight is 392 g/mol. The molecule has 1 atom stereocenters. The summed E-state index contributed by atoms with van der Waals surface area (Å²) in [4.78, 5) is 26.2. The van der Waals surface area contributed by atoms with Gasteiger partial charge in [0.2, 0.25) is 0 Å². The van der Waals surface area contributed by atoms with Gasteiger partial charge in [-0.2, -0.15) is 0 Å². The molecule has 1 amide bonds. The van der Waals surface area contributed by atoms with Gasteiger partial charge in [0.15, 0.2) is 18.1 Å². The van der Waals surface area contributed by atoms with Crippen LogP contribution in [0.1, 0.15) is 28.9 Å². The van der Waals surface area contributed by atoms with Gasteiger partial charge in [0.05, 0.1) is 30.8 Å². The van der Waals surface area contributed by atoms with E-state index in [-0.39, 0.29) is 29.1 Å². The first-order valence-electron chi connectivity index (χ1n) is 8.28. The lowest BCUT2D eigenvalue weighted by atomic mass is 10.1. The standard InChI is InChI=1S/C20H22ClNO5/c1-13(14-8-6-5-7-9-14)22(2)18(23)12-27-20(24)15-10-16(21)19(26-4)17(11-15)25-3/h5-11,13H,12H2,1-4H3/t13-/m1/s1. The third kappa shape index (κ3) is 4.92. The van der Waals surface area contributed by atoms with Crippen molar-refractivity contribution >= 4 is 23.5 Å². The van der Waals surface area contributed by atoms with Crippen molar-refractivity contribution in [1.82, 2.24) is 4.90 Å². The summed E-state index contributed by atoms with van der Waals surface area (Å²) in [7, 11) is 4.55. The number of benzene rings is 2. The van der Waals surface area contributed by atoms with E-state index < -0.39 is 5.97 Å². The zero-order chi connectivity index (χ0) is 20.0. The number of hydrogen-bond donors (Lipinski definition) is 0. The minimum absolute atomic E-state index is 0.145. The van der Waals surface area contributed by atoms with E-state index in [1.807, 2.05) is 37.3 Å². The van der Waals surface area contributed by atoms with Crippen LogP contribution in [0.3, 0.4) is 0 Å². The second-order valence-electron chi connectivity index (χ2n) is 5.86. The maximum absolute atomic E-state index is 12.4. The fourth-order valence-electron chi connectivity index (χ4n) is 2.52. The highest BCUT2D eigenvalue weighted by molar-refractivity contribution is 6.32. The molecular weight excluding hydrogens is 370 g/mol. The van der Waals surface area contributed by atoms with E-state index in [4.69, 9.17) is 25.8 Å². The van der Waals surface area contributed by atoms with Gasteiger partial charge in [0.25, 0.3) is 5.91 Å². The summed E-state index contributed by atoms with van der Waals surface area (Å²) < 4.78 is 15.4. The molecule has 2 aromatic rings. The van der Waals surface area contributed by atoms with Crippen LogP contribution in [0.2, 0.25) is 5.02 Å². The van der Waals surface area contributed by atoms with Crippen LogP contribution < -0.4 is 9.47 Å². The van der Waals surface area contributed by atoms with Crippen molar-refractivity contribution in [2.24, 2.45) is 0 Å². The first-order valence-corrected chi connectivity index (χ1v) is 8.66. The molecule has 2 rings (SSSR count). The lowest BCUT2D eigenvalue weighted by Gasteiger charge is -2.25. The van der Waals surface area contributed by atoms with Crippen molar-refractivity contribution < 1.29 is 23.8 Å². The topological polar surface area (TPSA) is 65.1 Å². The lowest BCUT2D eigenvalue weighted by molar-refractivity contribution is -0.135. The van der Waals surface area contributed by atoms with Crippen LogP contribution in [0.25, 0.3) is 0 Å². The van der Waals surface area contributed by atoms with Gasteiger partial charge in [-0.1, -0.05) is 41.9 Å². The van der Waals surface area contributed by atoms with Crippen molar-refractivity contribution in [3.05, 3.63) is 58.6 Å². The molecule has 0 aliphatic heterocycles. The van der Waals surface area contributed by atoms with E-state index in [1.165, 1.54) is 31.3 Å². The van der Waals surface area contributed by atoms with E-state index in [0.717, 1.165) is 5.56 Å². The van der Waals surface area contributed by atoms with Crippen LogP contribution >= 0.6 is 11.6 Å². The fraction of sp³-hybridized carbons (Fsp3) is 0.300. The number of carbonyl (C=O) groups excluding carboxylic acids is 2. The molecule has 0 N–H and O–H groups in total. The van der Waals surface area contributed by atoms with Crippen LogP contribution in [0.5, 0.6) is 11.5 Å². The molecule has 0 aliphatic rings. The fourth-order valence-corrected chi connectivity index (χ4v) is 2.81.